The summed E-state index contributed by atoms with van der Waals surface area (Å²) in [5.41, 5.74) is -0.0878. The van der Waals surface area contributed by atoms with E-state index in [0.29, 0.717) is 5.56 Å². The third kappa shape index (κ3) is 5.71. The van der Waals surface area contributed by atoms with E-state index in [0.717, 1.165) is 0 Å². The van der Waals surface area contributed by atoms with E-state index in [1.807, 2.05) is 0 Å². The number of ether oxygens (including phenoxy) is 1. The Bertz CT molecular complexity index is 539. The van der Waals surface area contributed by atoms with Crippen molar-refractivity contribution in [1.29, 1.82) is 0 Å². The minimum absolute atomic E-state index is 0.0953. The summed E-state index contributed by atoms with van der Waals surface area (Å²) < 4.78 is 18.3. The van der Waals surface area contributed by atoms with Crippen molar-refractivity contribution >= 4 is 12.1 Å². The van der Waals surface area contributed by atoms with Crippen LogP contribution in [0, 0.1) is 11.7 Å². The van der Waals surface area contributed by atoms with E-state index in [-0.39, 0.29) is 6.54 Å². The third-order valence-corrected chi connectivity index (χ3v) is 3.16. The van der Waals surface area contributed by atoms with Crippen molar-refractivity contribution < 1.29 is 23.8 Å². The quantitative estimate of drug-likeness (QED) is 0.876. The highest BCUT2D eigenvalue weighted by Gasteiger charge is 2.27. The lowest BCUT2D eigenvalue weighted by Gasteiger charge is -2.23. The first-order chi connectivity index (χ1) is 10.1. The van der Waals surface area contributed by atoms with Crippen LogP contribution in [-0.2, 0) is 9.53 Å². The van der Waals surface area contributed by atoms with Crippen LogP contribution in [0.4, 0.5) is 9.18 Å². The number of hydrogen-bond acceptors (Lipinski definition) is 3. The lowest BCUT2D eigenvalue weighted by molar-refractivity contribution is -0.142. The summed E-state index contributed by atoms with van der Waals surface area (Å²) in [4.78, 5) is 23.0. The number of carboxylic acid groups (broad SMARTS) is 1. The summed E-state index contributed by atoms with van der Waals surface area (Å²) >= 11 is 0. The minimum Gasteiger partial charge on any atom is -0.481 e. The van der Waals surface area contributed by atoms with Gasteiger partial charge in [-0.25, -0.2) is 9.18 Å². The fourth-order valence-corrected chi connectivity index (χ4v) is 2.01. The zero-order chi connectivity index (χ0) is 16.9. The molecule has 0 spiro atoms. The van der Waals surface area contributed by atoms with Crippen LogP contribution >= 0.6 is 0 Å². The van der Waals surface area contributed by atoms with Gasteiger partial charge in [-0.2, -0.15) is 0 Å². The van der Waals surface area contributed by atoms with Crippen LogP contribution in [0.25, 0.3) is 0 Å². The highest BCUT2D eigenvalue weighted by Crippen LogP contribution is 2.25. The third-order valence-electron chi connectivity index (χ3n) is 3.16. The van der Waals surface area contributed by atoms with Crippen LogP contribution in [0.1, 0.15) is 39.2 Å². The van der Waals surface area contributed by atoms with Crippen LogP contribution in [0.3, 0.4) is 0 Å². The fourth-order valence-electron chi connectivity index (χ4n) is 2.01. The van der Waals surface area contributed by atoms with Gasteiger partial charge in [0.2, 0.25) is 0 Å². The number of nitrogens with one attached hydrogen (secondary N) is 1. The molecule has 0 fully saturated rings. The van der Waals surface area contributed by atoms with Crippen molar-refractivity contribution in [3.05, 3.63) is 35.6 Å². The average molecular weight is 311 g/mol. The molecule has 0 bridgehead atoms. The Hall–Kier alpha value is -2.11. The Morgan fingerprint density at radius 3 is 2.50 bits per heavy atom. The molecule has 22 heavy (non-hydrogen) atoms. The topological polar surface area (TPSA) is 75.6 Å². The molecule has 1 rings (SSSR count). The standard InChI is InChI=1S/C16H22FNO4/c1-10(11-6-5-7-12(17)8-11)13(14(19)20)9-18-15(21)22-16(2,3)4/h5-8,10,13H,9H2,1-4H3,(H,18,21)(H,19,20)/t10-,13+/m0/s1. The Morgan fingerprint density at radius 2 is 2.00 bits per heavy atom. The van der Waals surface area contributed by atoms with Gasteiger partial charge < -0.3 is 15.2 Å². The van der Waals surface area contributed by atoms with Crippen molar-refractivity contribution in [2.75, 3.05) is 6.54 Å². The number of aliphatic carboxylic acids is 1. The van der Waals surface area contributed by atoms with Gasteiger partial charge in [0.15, 0.2) is 0 Å². The molecule has 122 valence electrons. The number of carboxylic acids is 1. The molecule has 5 nitrogen and oxygen atoms in total. The van der Waals surface area contributed by atoms with Crippen molar-refractivity contribution in [3.63, 3.8) is 0 Å². The number of halogens is 1. The van der Waals surface area contributed by atoms with Gasteiger partial charge in [0.25, 0.3) is 0 Å². The SMILES string of the molecule is C[C@@H](c1cccc(F)c1)[C@@H](CNC(=O)OC(C)(C)C)C(=O)O. The molecule has 1 amide bonds. The monoisotopic (exact) mass is 311 g/mol. The first-order valence-corrected chi connectivity index (χ1v) is 7.05. The molecule has 0 radical (unpaired) electrons. The molecule has 0 saturated carbocycles. The normalized spacial score (nSPS) is 14.0. The van der Waals surface area contributed by atoms with E-state index in [4.69, 9.17) is 4.74 Å². The minimum atomic E-state index is -1.06. The largest absolute Gasteiger partial charge is 0.481 e. The predicted molar refractivity (Wildman–Crippen MR) is 80.2 cm³/mol. The molecular weight excluding hydrogens is 289 g/mol. The molecule has 2 N–H and O–H groups in total. The summed E-state index contributed by atoms with van der Waals surface area (Å²) in [6, 6.07) is 5.79. The number of alkyl carbamates (subject to hydrolysis) is 1. The zero-order valence-corrected chi connectivity index (χ0v) is 13.2. The molecule has 6 heteroatoms. The predicted octanol–water partition coefficient (Wildman–Crippen LogP) is 3.15. The number of carbonyl (C=O) groups excluding carboxylic acids is 1. The van der Waals surface area contributed by atoms with Gasteiger partial charge in [-0.3, -0.25) is 4.79 Å². The number of benzene rings is 1. The fraction of sp³-hybridized carbons (Fsp3) is 0.500. The second-order valence-electron chi connectivity index (χ2n) is 6.17. The van der Waals surface area contributed by atoms with Crippen molar-refractivity contribution in [2.24, 2.45) is 5.92 Å². The lowest BCUT2D eigenvalue weighted by Crippen LogP contribution is -2.38. The molecule has 0 aliphatic heterocycles. The van der Waals surface area contributed by atoms with Crippen molar-refractivity contribution in [2.45, 2.75) is 39.2 Å². The Morgan fingerprint density at radius 1 is 1.36 bits per heavy atom. The smallest absolute Gasteiger partial charge is 0.407 e. The van der Waals surface area contributed by atoms with E-state index in [2.05, 4.69) is 5.32 Å². The maximum Gasteiger partial charge on any atom is 0.407 e. The highest BCUT2D eigenvalue weighted by atomic mass is 19.1. The summed E-state index contributed by atoms with van der Waals surface area (Å²) in [6.07, 6.45) is -0.676. The molecule has 2 atom stereocenters. The van der Waals surface area contributed by atoms with Crippen LogP contribution in [0.2, 0.25) is 0 Å². The van der Waals surface area contributed by atoms with Gasteiger partial charge in [-0.05, 0) is 44.4 Å². The molecule has 0 aliphatic carbocycles. The number of rotatable bonds is 5. The molecule has 0 heterocycles. The van der Waals surface area contributed by atoms with E-state index in [9.17, 15) is 19.1 Å². The Balaban J connectivity index is 2.74. The highest BCUT2D eigenvalue weighted by molar-refractivity contribution is 5.73. The van der Waals surface area contributed by atoms with E-state index < -0.39 is 35.3 Å². The molecular formula is C16H22FNO4. The maximum atomic E-state index is 13.3. The number of amides is 1. The first-order valence-electron chi connectivity index (χ1n) is 7.05. The maximum absolute atomic E-state index is 13.3. The first kappa shape index (κ1) is 17.9. The van der Waals surface area contributed by atoms with Crippen molar-refractivity contribution in [1.82, 2.24) is 5.32 Å². The summed E-state index contributed by atoms with van der Waals surface area (Å²) in [6.45, 7) is 6.75. The van der Waals surface area contributed by atoms with Gasteiger partial charge >= 0.3 is 12.1 Å². The average Bonchev–Trinajstić information content (AvgIpc) is 2.36. The molecule has 1 aromatic rings. The summed E-state index contributed by atoms with van der Waals surface area (Å²) in [5, 5.41) is 11.8. The molecule has 0 saturated heterocycles. The number of carbonyl (C=O) groups is 2. The van der Waals surface area contributed by atoms with E-state index >= 15 is 0 Å². The second kappa shape index (κ2) is 7.24. The zero-order valence-electron chi connectivity index (χ0n) is 13.2. The number of hydrogen-bond donors (Lipinski definition) is 2. The summed E-state index contributed by atoms with van der Waals surface area (Å²) in [5.74, 6) is -2.82. The molecule has 0 aliphatic rings. The second-order valence-corrected chi connectivity index (χ2v) is 6.17. The van der Waals surface area contributed by atoms with Crippen LogP contribution in [0.5, 0.6) is 0 Å². The molecule has 0 aromatic heterocycles. The van der Waals surface area contributed by atoms with Crippen molar-refractivity contribution in [3.8, 4) is 0 Å². The van der Waals surface area contributed by atoms with Gasteiger partial charge in [-0.1, -0.05) is 19.1 Å². The van der Waals surface area contributed by atoms with Gasteiger partial charge in [0.05, 0.1) is 5.92 Å². The molecule has 0 unspecified atom stereocenters. The van der Waals surface area contributed by atoms with Gasteiger partial charge in [0.1, 0.15) is 11.4 Å². The summed E-state index contributed by atoms with van der Waals surface area (Å²) in [7, 11) is 0. The van der Waals surface area contributed by atoms with Gasteiger partial charge in [0, 0.05) is 6.54 Å². The molecule has 1 aromatic carbocycles. The Kier molecular flexibility index (Phi) is 5.91. The van der Waals surface area contributed by atoms with Crippen LogP contribution in [0.15, 0.2) is 24.3 Å². The van der Waals surface area contributed by atoms with Crippen LogP contribution in [-0.4, -0.2) is 29.3 Å². The lowest BCUT2D eigenvalue weighted by atomic mass is 9.87. The van der Waals surface area contributed by atoms with E-state index in [1.54, 1.807) is 33.8 Å². The van der Waals surface area contributed by atoms with Crippen LogP contribution < -0.4 is 5.32 Å². The Labute approximate surface area is 129 Å². The van der Waals surface area contributed by atoms with Gasteiger partial charge in [-0.15, -0.1) is 0 Å². The van der Waals surface area contributed by atoms with E-state index in [1.165, 1.54) is 18.2 Å².